The van der Waals surface area contributed by atoms with E-state index in [2.05, 4.69) is 5.32 Å². The highest BCUT2D eigenvalue weighted by Gasteiger charge is 2.31. The quantitative estimate of drug-likeness (QED) is 0.880. The first-order valence-electron chi connectivity index (χ1n) is 6.20. The van der Waals surface area contributed by atoms with Crippen LogP contribution in [0.3, 0.4) is 0 Å². The Kier molecular flexibility index (Phi) is 5.17. The van der Waals surface area contributed by atoms with Gasteiger partial charge in [0.15, 0.2) is 0 Å². The standard InChI is InChI=1S/C14H20N2O.ClH/c1-9-3-4-12(7-10(9)2)14(17)16-13(8-15)11-5-6-11;/h3-4,7,11,13H,5-6,8,15H2,1-2H3,(H,16,17);1H. The molecule has 1 fully saturated rings. The van der Waals surface area contributed by atoms with Gasteiger partial charge in [0.2, 0.25) is 0 Å². The Bertz CT molecular complexity index is 430. The summed E-state index contributed by atoms with van der Waals surface area (Å²) in [6, 6.07) is 5.94. The maximum atomic E-state index is 12.0. The monoisotopic (exact) mass is 268 g/mol. The molecule has 0 radical (unpaired) electrons. The predicted molar refractivity (Wildman–Crippen MR) is 76.2 cm³/mol. The molecule has 2 rings (SSSR count). The van der Waals surface area contributed by atoms with Crippen molar-refractivity contribution in [3.05, 3.63) is 34.9 Å². The SMILES string of the molecule is Cc1ccc(C(=O)NC(CN)C2CC2)cc1C.Cl. The van der Waals surface area contributed by atoms with Crippen LogP contribution in [0.15, 0.2) is 18.2 Å². The number of nitrogens with two attached hydrogens (primary N) is 1. The van der Waals surface area contributed by atoms with Gasteiger partial charge in [0.1, 0.15) is 0 Å². The van der Waals surface area contributed by atoms with Gasteiger partial charge in [0.05, 0.1) is 0 Å². The Hall–Kier alpha value is -1.06. The van der Waals surface area contributed by atoms with Crippen LogP contribution in [0, 0.1) is 19.8 Å². The van der Waals surface area contributed by atoms with E-state index in [1.165, 1.54) is 18.4 Å². The molecular formula is C14H21ClN2O. The molecule has 100 valence electrons. The molecule has 1 atom stereocenters. The summed E-state index contributed by atoms with van der Waals surface area (Å²) in [7, 11) is 0. The number of hydrogen-bond acceptors (Lipinski definition) is 2. The third kappa shape index (κ3) is 3.47. The van der Waals surface area contributed by atoms with E-state index in [1.807, 2.05) is 32.0 Å². The number of carbonyl (C=O) groups is 1. The fourth-order valence-corrected chi connectivity index (χ4v) is 2.00. The molecule has 18 heavy (non-hydrogen) atoms. The minimum absolute atomic E-state index is 0. The van der Waals surface area contributed by atoms with Crippen molar-refractivity contribution in [2.45, 2.75) is 32.7 Å². The number of carbonyl (C=O) groups excluding carboxylic acids is 1. The molecule has 1 saturated carbocycles. The van der Waals surface area contributed by atoms with E-state index in [4.69, 9.17) is 5.73 Å². The van der Waals surface area contributed by atoms with Crippen LogP contribution in [0.25, 0.3) is 0 Å². The minimum atomic E-state index is -0.00421. The second kappa shape index (κ2) is 6.21. The van der Waals surface area contributed by atoms with Gasteiger partial charge in [-0.05, 0) is 55.9 Å². The second-order valence-corrected chi connectivity index (χ2v) is 4.95. The first kappa shape index (κ1) is 15.0. The van der Waals surface area contributed by atoms with E-state index in [1.54, 1.807) is 0 Å². The molecule has 0 saturated heterocycles. The molecule has 1 unspecified atom stereocenters. The largest absolute Gasteiger partial charge is 0.348 e. The van der Waals surface area contributed by atoms with Crippen LogP contribution >= 0.6 is 12.4 Å². The fraction of sp³-hybridized carbons (Fsp3) is 0.500. The van der Waals surface area contributed by atoms with Crippen molar-refractivity contribution in [1.82, 2.24) is 5.32 Å². The summed E-state index contributed by atoms with van der Waals surface area (Å²) in [5, 5.41) is 3.03. The molecule has 0 spiro atoms. The zero-order valence-electron chi connectivity index (χ0n) is 10.9. The van der Waals surface area contributed by atoms with Gasteiger partial charge in [0, 0.05) is 18.2 Å². The topological polar surface area (TPSA) is 55.1 Å². The summed E-state index contributed by atoms with van der Waals surface area (Å²) in [5.74, 6) is 0.589. The van der Waals surface area contributed by atoms with Crippen LogP contribution in [0.5, 0.6) is 0 Å². The van der Waals surface area contributed by atoms with E-state index >= 15 is 0 Å². The number of aryl methyl sites for hydroxylation is 2. The molecule has 4 heteroatoms. The molecule has 1 amide bonds. The Labute approximate surface area is 115 Å². The van der Waals surface area contributed by atoms with E-state index in [0.29, 0.717) is 12.5 Å². The molecule has 0 heterocycles. The average molecular weight is 269 g/mol. The van der Waals surface area contributed by atoms with E-state index in [9.17, 15) is 4.79 Å². The maximum absolute atomic E-state index is 12.0. The van der Waals surface area contributed by atoms with Crippen molar-refractivity contribution in [2.75, 3.05) is 6.54 Å². The number of halogens is 1. The molecule has 3 nitrogen and oxygen atoms in total. The molecule has 0 aliphatic heterocycles. The van der Waals surface area contributed by atoms with Crippen LogP contribution in [0.4, 0.5) is 0 Å². The van der Waals surface area contributed by atoms with E-state index < -0.39 is 0 Å². The highest BCUT2D eigenvalue weighted by atomic mass is 35.5. The number of nitrogens with one attached hydrogen (secondary N) is 1. The molecule has 0 aromatic heterocycles. The lowest BCUT2D eigenvalue weighted by Crippen LogP contribution is -2.41. The molecular weight excluding hydrogens is 248 g/mol. The Morgan fingerprint density at radius 2 is 2.06 bits per heavy atom. The van der Waals surface area contributed by atoms with Gasteiger partial charge < -0.3 is 11.1 Å². The third-order valence-electron chi connectivity index (χ3n) is 3.53. The predicted octanol–water partition coefficient (Wildman–Crippen LogP) is 2.19. The van der Waals surface area contributed by atoms with Crippen molar-refractivity contribution in [3.63, 3.8) is 0 Å². The second-order valence-electron chi connectivity index (χ2n) is 4.95. The lowest BCUT2D eigenvalue weighted by atomic mass is 10.1. The number of benzene rings is 1. The summed E-state index contributed by atoms with van der Waals surface area (Å²) in [6.07, 6.45) is 2.38. The smallest absolute Gasteiger partial charge is 0.251 e. The van der Waals surface area contributed by atoms with Crippen LogP contribution in [0.1, 0.15) is 34.3 Å². The Balaban J connectivity index is 0.00000162. The summed E-state index contributed by atoms with van der Waals surface area (Å²) in [4.78, 5) is 12.0. The van der Waals surface area contributed by atoms with Gasteiger partial charge in [-0.2, -0.15) is 0 Å². The first-order valence-corrected chi connectivity index (χ1v) is 6.20. The first-order chi connectivity index (χ1) is 8.11. The van der Waals surface area contributed by atoms with Crippen molar-refractivity contribution in [2.24, 2.45) is 11.7 Å². The van der Waals surface area contributed by atoms with Gasteiger partial charge in [-0.1, -0.05) is 6.07 Å². The number of rotatable bonds is 4. The lowest BCUT2D eigenvalue weighted by molar-refractivity contribution is 0.0933. The molecule has 3 N–H and O–H groups in total. The normalized spacial score (nSPS) is 15.7. The number of hydrogen-bond donors (Lipinski definition) is 2. The van der Waals surface area contributed by atoms with Crippen LogP contribution in [-0.4, -0.2) is 18.5 Å². The van der Waals surface area contributed by atoms with Gasteiger partial charge in [0.25, 0.3) is 5.91 Å². The Morgan fingerprint density at radius 1 is 1.39 bits per heavy atom. The lowest BCUT2D eigenvalue weighted by Gasteiger charge is -2.16. The summed E-state index contributed by atoms with van der Waals surface area (Å²) in [5.41, 5.74) is 8.76. The Morgan fingerprint density at radius 3 is 2.56 bits per heavy atom. The average Bonchev–Trinajstić information content (AvgIpc) is 3.13. The van der Waals surface area contributed by atoms with Crippen molar-refractivity contribution in [1.29, 1.82) is 0 Å². The minimum Gasteiger partial charge on any atom is -0.348 e. The third-order valence-corrected chi connectivity index (χ3v) is 3.53. The summed E-state index contributed by atoms with van der Waals surface area (Å²) < 4.78 is 0. The van der Waals surface area contributed by atoms with E-state index in [0.717, 1.165) is 11.1 Å². The zero-order valence-corrected chi connectivity index (χ0v) is 11.7. The molecule has 1 aliphatic carbocycles. The molecule has 1 aliphatic rings. The molecule has 1 aromatic carbocycles. The van der Waals surface area contributed by atoms with Gasteiger partial charge in [-0.3, -0.25) is 4.79 Å². The van der Waals surface area contributed by atoms with Crippen LogP contribution in [-0.2, 0) is 0 Å². The summed E-state index contributed by atoms with van der Waals surface area (Å²) in [6.45, 7) is 4.60. The number of amides is 1. The van der Waals surface area contributed by atoms with Crippen LogP contribution in [0.2, 0.25) is 0 Å². The molecule has 1 aromatic rings. The zero-order chi connectivity index (χ0) is 12.4. The van der Waals surface area contributed by atoms with Crippen molar-refractivity contribution >= 4 is 18.3 Å². The highest BCUT2D eigenvalue weighted by molar-refractivity contribution is 5.94. The van der Waals surface area contributed by atoms with Crippen molar-refractivity contribution < 1.29 is 4.79 Å². The maximum Gasteiger partial charge on any atom is 0.251 e. The van der Waals surface area contributed by atoms with Gasteiger partial charge in [-0.25, -0.2) is 0 Å². The van der Waals surface area contributed by atoms with Gasteiger partial charge >= 0.3 is 0 Å². The van der Waals surface area contributed by atoms with E-state index in [-0.39, 0.29) is 24.4 Å². The highest BCUT2D eigenvalue weighted by Crippen LogP contribution is 2.32. The fourth-order valence-electron chi connectivity index (χ4n) is 2.00. The van der Waals surface area contributed by atoms with Crippen molar-refractivity contribution in [3.8, 4) is 0 Å². The molecule has 0 bridgehead atoms. The van der Waals surface area contributed by atoms with Crippen LogP contribution < -0.4 is 11.1 Å². The van der Waals surface area contributed by atoms with Gasteiger partial charge in [-0.15, -0.1) is 12.4 Å². The summed E-state index contributed by atoms with van der Waals surface area (Å²) >= 11 is 0.